The van der Waals surface area contributed by atoms with Gasteiger partial charge in [0.25, 0.3) is 0 Å². The molecule has 1 N–H and O–H groups in total. The molecule has 1 saturated heterocycles. The lowest BCUT2D eigenvalue weighted by Gasteiger charge is -2.41. The Morgan fingerprint density at radius 2 is 2.03 bits per heavy atom. The number of hydrogen-bond acceptors (Lipinski definition) is 7. The van der Waals surface area contributed by atoms with E-state index in [1.54, 1.807) is 11.7 Å². The number of nitrogens with one attached hydrogen (secondary N) is 1. The van der Waals surface area contributed by atoms with E-state index >= 15 is 0 Å². The molecule has 0 bridgehead atoms. The smallest absolute Gasteiger partial charge is 0.317 e. The summed E-state index contributed by atoms with van der Waals surface area (Å²) < 4.78 is 9.65. The highest BCUT2D eigenvalue weighted by molar-refractivity contribution is 5.75. The van der Waals surface area contributed by atoms with Gasteiger partial charge in [0, 0.05) is 101 Å². The average molecular weight is 518 g/mol. The number of hydrogen-bond donors (Lipinski definition) is 1. The van der Waals surface area contributed by atoms with E-state index in [1.165, 1.54) is 11.4 Å². The molecular weight excluding hydrogens is 482 g/mol. The molecular formula is C27H35N9O2. The molecule has 2 aromatic rings. The van der Waals surface area contributed by atoms with Crippen molar-refractivity contribution >= 4 is 11.8 Å². The number of nitrogens with zero attached hydrogens (tertiary/aromatic N) is 8. The van der Waals surface area contributed by atoms with Crippen LogP contribution >= 0.6 is 0 Å². The second-order valence-electron chi connectivity index (χ2n) is 10.6. The number of aryl methyl sites for hydroxylation is 1. The predicted molar refractivity (Wildman–Crippen MR) is 141 cm³/mol. The van der Waals surface area contributed by atoms with Crippen LogP contribution in [0.25, 0.3) is 0 Å². The lowest BCUT2D eigenvalue weighted by molar-refractivity contribution is 0.0651. The minimum absolute atomic E-state index is 0.0210. The second kappa shape index (κ2) is 9.83. The minimum atomic E-state index is -0.0673. The van der Waals surface area contributed by atoms with Gasteiger partial charge in [-0.15, -0.1) is 0 Å². The third-order valence-corrected chi connectivity index (χ3v) is 8.39. The topological polar surface area (TPSA) is 107 Å². The molecule has 11 nitrogen and oxygen atoms in total. The quantitative estimate of drug-likeness (QED) is 0.666. The van der Waals surface area contributed by atoms with Gasteiger partial charge in [-0.25, -0.2) is 4.79 Å². The van der Waals surface area contributed by atoms with Gasteiger partial charge in [0.15, 0.2) is 5.82 Å². The molecule has 1 fully saturated rings. The van der Waals surface area contributed by atoms with E-state index in [9.17, 15) is 10.1 Å². The van der Waals surface area contributed by atoms with E-state index in [0.717, 1.165) is 80.2 Å². The van der Waals surface area contributed by atoms with Crippen molar-refractivity contribution in [1.29, 1.82) is 5.26 Å². The maximum Gasteiger partial charge on any atom is 0.317 e. The number of ether oxygens (including phenoxy) is 1. The van der Waals surface area contributed by atoms with E-state index in [-0.39, 0.29) is 11.9 Å². The predicted octanol–water partition coefficient (Wildman–Crippen LogP) is 2.27. The third kappa shape index (κ3) is 4.13. The summed E-state index contributed by atoms with van der Waals surface area (Å²) in [7, 11) is 5.71. The summed E-state index contributed by atoms with van der Waals surface area (Å²) in [5.41, 5.74) is 6.37. The zero-order chi connectivity index (χ0) is 26.4. The first-order chi connectivity index (χ1) is 18.5. The van der Waals surface area contributed by atoms with E-state index in [2.05, 4.69) is 38.0 Å². The van der Waals surface area contributed by atoms with Gasteiger partial charge < -0.3 is 24.8 Å². The van der Waals surface area contributed by atoms with Gasteiger partial charge in [-0.05, 0) is 24.5 Å². The van der Waals surface area contributed by atoms with Crippen molar-refractivity contribution in [2.45, 2.75) is 44.2 Å². The number of fused-ring (bicyclic) bond motifs is 1. The number of anilines is 1. The van der Waals surface area contributed by atoms with Crippen LogP contribution in [0.5, 0.6) is 0 Å². The van der Waals surface area contributed by atoms with Crippen LogP contribution in [0.4, 0.5) is 10.6 Å². The number of nitriles is 1. The monoisotopic (exact) mass is 517 g/mol. The molecule has 2 aromatic heterocycles. The largest absolute Gasteiger partial charge is 0.381 e. The minimum Gasteiger partial charge on any atom is -0.381 e. The van der Waals surface area contributed by atoms with Crippen molar-refractivity contribution in [2.75, 3.05) is 51.8 Å². The van der Waals surface area contributed by atoms with Gasteiger partial charge >= 0.3 is 6.03 Å². The first kappa shape index (κ1) is 24.6. The fourth-order valence-corrected chi connectivity index (χ4v) is 6.29. The Kier molecular flexibility index (Phi) is 6.35. The molecule has 3 aliphatic heterocycles. The van der Waals surface area contributed by atoms with Crippen molar-refractivity contribution in [1.82, 2.24) is 34.7 Å². The van der Waals surface area contributed by atoms with E-state index in [0.29, 0.717) is 19.1 Å². The number of aromatic nitrogens is 4. The highest BCUT2D eigenvalue weighted by Gasteiger charge is 2.37. The zero-order valence-corrected chi connectivity index (χ0v) is 22.4. The molecule has 200 valence electrons. The molecule has 4 aliphatic rings. The molecule has 2 amide bonds. The second-order valence-corrected chi connectivity index (χ2v) is 10.6. The Balaban J connectivity index is 1.43. The highest BCUT2D eigenvalue weighted by atomic mass is 16.5. The normalized spacial score (nSPS) is 22.1. The van der Waals surface area contributed by atoms with Crippen LogP contribution in [0.15, 0.2) is 35.4 Å². The molecule has 0 aromatic carbocycles. The summed E-state index contributed by atoms with van der Waals surface area (Å²) in [5, 5.41) is 22.5. The molecule has 5 heterocycles. The molecule has 38 heavy (non-hydrogen) atoms. The van der Waals surface area contributed by atoms with Crippen LogP contribution in [0, 0.1) is 11.3 Å². The maximum atomic E-state index is 12.6. The highest BCUT2D eigenvalue weighted by Crippen LogP contribution is 2.43. The summed E-state index contributed by atoms with van der Waals surface area (Å²) in [4.78, 5) is 19.0. The molecule has 0 spiro atoms. The Labute approximate surface area is 222 Å². The fraction of sp³-hybridized carbons (Fsp3) is 0.556. The fourth-order valence-electron chi connectivity index (χ4n) is 6.29. The van der Waals surface area contributed by atoms with Gasteiger partial charge in [-0.3, -0.25) is 9.36 Å². The van der Waals surface area contributed by atoms with E-state index in [1.807, 2.05) is 30.4 Å². The number of likely N-dealkylation sites (N-methyl/N-ethyl adjacent to an activating group) is 1. The maximum absolute atomic E-state index is 12.6. The first-order valence-corrected chi connectivity index (χ1v) is 13.4. The third-order valence-electron chi connectivity index (χ3n) is 8.39. The van der Waals surface area contributed by atoms with Crippen molar-refractivity contribution in [2.24, 2.45) is 7.05 Å². The van der Waals surface area contributed by atoms with Crippen molar-refractivity contribution in [3.8, 4) is 6.07 Å². The van der Waals surface area contributed by atoms with Crippen molar-refractivity contribution in [3.63, 3.8) is 0 Å². The van der Waals surface area contributed by atoms with Crippen LogP contribution in [0.3, 0.4) is 0 Å². The molecule has 1 unspecified atom stereocenters. The SMILES string of the molecule is CNC(=O)N1CCc2c(c(N3CCN(C)C4=C3C=C(C#N)C(c3cnn(C)c3)C4)nn2C2CCOCC2)C1. The molecule has 0 saturated carbocycles. The van der Waals surface area contributed by atoms with Crippen molar-refractivity contribution in [3.05, 3.63) is 52.3 Å². The summed E-state index contributed by atoms with van der Waals surface area (Å²) in [5.74, 6) is 0.890. The van der Waals surface area contributed by atoms with Gasteiger partial charge in [0.2, 0.25) is 0 Å². The van der Waals surface area contributed by atoms with Crippen LogP contribution in [-0.2, 0) is 24.8 Å². The summed E-state index contributed by atoms with van der Waals surface area (Å²) >= 11 is 0. The zero-order valence-electron chi connectivity index (χ0n) is 22.4. The number of amides is 2. The summed E-state index contributed by atoms with van der Waals surface area (Å²) in [6.45, 7) is 4.30. The van der Waals surface area contributed by atoms with Gasteiger partial charge in [-0.2, -0.15) is 15.5 Å². The van der Waals surface area contributed by atoms with E-state index in [4.69, 9.17) is 9.84 Å². The first-order valence-electron chi connectivity index (χ1n) is 13.4. The van der Waals surface area contributed by atoms with Crippen molar-refractivity contribution < 1.29 is 9.53 Å². The number of carbonyl (C=O) groups is 1. The lowest BCUT2D eigenvalue weighted by atomic mass is 9.83. The Bertz CT molecular complexity index is 1340. The van der Waals surface area contributed by atoms with Crippen LogP contribution in [0.1, 0.15) is 48.0 Å². The standard InChI is InChI=1S/C27H35N9O2/c1-29-27(37)34-7-4-23-22(17-34)26(31-36(23)20-5-10-38-11-6-20)35-9-8-32(2)24-13-21(18(14-28)12-25(24)35)19-15-30-33(3)16-19/h12,15-16,20-21H,4-11,13,17H2,1-3H3,(H,29,37). The summed E-state index contributed by atoms with van der Waals surface area (Å²) in [6.07, 6.45) is 9.30. The lowest BCUT2D eigenvalue weighted by Crippen LogP contribution is -2.43. The Morgan fingerprint density at radius 3 is 2.74 bits per heavy atom. The van der Waals surface area contributed by atoms with Gasteiger partial charge in [0.1, 0.15) is 0 Å². The molecule has 11 heteroatoms. The molecule has 6 rings (SSSR count). The van der Waals surface area contributed by atoms with Crippen LogP contribution in [-0.4, -0.2) is 82.3 Å². The Hall–Kier alpha value is -3.78. The summed E-state index contributed by atoms with van der Waals surface area (Å²) in [6, 6.07) is 2.70. The van der Waals surface area contributed by atoms with E-state index < -0.39 is 0 Å². The molecule has 1 aliphatic carbocycles. The van der Waals surface area contributed by atoms with Crippen LogP contribution in [0.2, 0.25) is 0 Å². The number of carbonyl (C=O) groups excluding carboxylic acids is 1. The average Bonchev–Trinajstić information content (AvgIpc) is 3.56. The van der Waals surface area contributed by atoms with Gasteiger partial charge in [-0.1, -0.05) is 0 Å². The van der Waals surface area contributed by atoms with Crippen LogP contribution < -0.4 is 10.2 Å². The molecule has 1 atom stereocenters. The number of rotatable bonds is 3. The Morgan fingerprint density at radius 1 is 1.21 bits per heavy atom. The van der Waals surface area contributed by atoms with Gasteiger partial charge in [0.05, 0.1) is 30.5 Å². The number of allylic oxidation sites excluding steroid dienone is 3. The molecule has 0 radical (unpaired) electrons. The number of urea groups is 1.